The Morgan fingerprint density at radius 3 is 2.43 bits per heavy atom. The van der Waals surface area contributed by atoms with Gasteiger partial charge in [0.15, 0.2) is 0 Å². The van der Waals surface area contributed by atoms with Crippen LogP contribution in [0, 0.1) is 5.41 Å². The number of sulfonamides is 1. The molecule has 0 bridgehead atoms. The van der Waals surface area contributed by atoms with Crippen LogP contribution in [0.4, 0.5) is 25.8 Å². The summed E-state index contributed by atoms with van der Waals surface area (Å²) in [5.41, 5.74) is 2.27. The number of aromatic nitrogens is 2. The van der Waals surface area contributed by atoms with Gasteiger partial charge < -0.3 is 15.3 Å². The zero-order chi connectivity index (χ0) is 26.3. The third kappa shape index (κ3) is 6.06. The average Bonchev–Trinajstić information content (AvgIpc) is 3.43. The number of carbonyl (C=O) groups is 1. The Kier molecular flexibility index (Phi) is 6.90. The van der Waals surface area contributed by atoms with Crippen molar-refractivity contribution in [2.45, 2.75) is 63.3 Å². The first-order chi connectivity index (χ1) is 17.6. The Morgan fingerprint density at radius 1 is 1.08 bits per heavy atom. The van der Waals surface area contributed by atoms with Gasteiger partial charge in [0.25, 0.3) is 5.91 Å². The summed E-state index contributed by atoms with van der Waals surface area (Å²) >= 11 is 0. The van der Waals surface area contributed by atoms with Gasteiger partial charge in [0.05, 0.1) is 47.2 Å². The summed E-state index contributed by atoms with van der Waals surface area (Å²) in [5.74, 6) is -3.40. The summed E-state index contributed by atoms with van der Waals surface area (Å²) in [6.07, 6.45) is 8.02. The minimum Gasteiger partial charge on any atom is -0.395 e. The van der Waals surface area contributed by atoms with Crippen LogP contribution in [0.15, 0.2) is 30.6 Å². The molecule has 2 aromatic rings. The van der Waals surface area contributed by atoms with Crippen LogP contribution in [0.3, 0.4) is 0 Å². The topological polar surface area (TPSA) is 117 Å². The number of aliphatic hydroxyl groups is 1. The van der Waals surface area contributed by atoms with Crippen molar-refractivity contribution in [2.24, 2.45) is 5.41 Å². The van der Waals surface area contributed by atoms with Crippen molar-refractivity contribution in [1.82, 2.24) is 9.78 Å². The molecule has 1 spiro atoms. The number of benzene rings is 1. The van der Waals surface area contributed by atoms with Crippen molar-refractivity contribution < 1.29 is 27.1 Å². The highest BCUT2D eigenvalue weighted by atomic mass is 32.2. The van der Waals surface area contributed by atoms with E-state index in [9.17, 15) is 22.0 Å². The highest BCUT2D eigenvalue weighted by Gasteiger charge is 2.44. The molecule has 9 nitrogen and oxygen atoms in total. The van der Waals surface area contributed by atoms with Crippen molar-refractivity contribution in [3.8, 4) is 0 Å². The number of amides is 1. The smallest absolute Gasteiger partial charge is 0.257 e. The summed E-state index contributed by atoms with van der Waals surface area (Å²) in [6, 6.07) is 4.66. The minimum atomic E-state index is -3.71. The molecule has 37 heavy (non-hydrogen) atoms. The number of piperidine rings is 1. The lowest BCUT2D eigenvalue weighted by Crippen LogP contribution is -2.35. The van der Waals surface area contributed by atoms with Gasteiger partial charge in [0.2, 0.25) is 15.9 Å². The van der Waals surface area contributed by atoms with Gasteiger partial charge in [-0.1, -0.05) is 0 Å². The van der Waals surface area contributed by atoms with E-state index in [1.165, 1.54) is 25.1 Å². The van der Waals surface area contributed by atoms with Crippen LogP contribution in [0.5, 0.6) is 0 Å². The molecule has 0 radical (unpaired) electrons. The van der Waals surface area contributed by atoms with Crippen LogP contribution in [-0.4, -0.2) is 60.6 Å². The number of halogens is 2. The van der Waals surface area contributed by atoms with Gasteiger partial charge in [-0.15, -0.1) is 0 Å². The number of aliphatic hydroxyl groups excluding tert-OH is 1. The van der Waals surface area contributed by atoms with Crippen molar-refractivity contribution >= 4 is 33.0 Å². The average molecular weight is 538 g/mol. The molecule has 202 valence electrons. The highest BCUT2D eigenvalue weighted by molar-refractivity contribution is 7.92. The quantitative estimate of drug-likeness (QED) is 0.469. The molecule has 12 heteroatoms. The maximum atomic E-state index is 13.5. The lowest BCUT2D eigenvalue weighted by Gasteiger charge is -2.35. The maximum Gasteiger partial charge on any atom is 0.257 e. The lowest BCUT2D eigenvalue weighted by molar-refractivity contribution is -0.0449. The Morgan fingerprint density at radius 2 is 1.78 bits per heavy atom. The fraction of sp³-hybridized carbons (Fsp3) is 0.600. The van der Waals surface area contributed by atoms with Crippen molar-refractivity contribution in [1.29, 1.82) is 0 Å². The number of rotatable bonds is 8. The van der Waals surface area contributed by atoms with E-state index < -0.39 is 28.3 Å². The van der Waals surface area contributed by atoms with E-state index in [1.54, 1.807) is 23.0 Å². The van der Waals surface area contributed by atoms with E-state index in [-0.39, 0.29) is 24.8 Å². The van der Waals surface area contributed by atoms with Crippen LogP contribution in [0.1, 0.15) is 67.8 Å². The molecule has 2 aliphatic carbocycles. The number of nitrogens with zero attached hydrogens (tertiary/aromatic N) is 3. The first-order valence-electron chi connectivity index (χ1n) is 12.8. The number of carbonyl (C=O) groups excluding carboxylic acids is 1. The van der Waals surface area contributed by atoms with Gasteiger partial charge >= 0.3 is 0 Å². The molecular weight excluding hydrogens is 504 g/mol. The summed E-state index contributed by atoms with van der Waals surface area (Å²) in [6.45, 7) is 1.06. The summed E-state index contributed by atoms with van der Waals surface area (Å²) in [5, 5.41) is 16.2. The zero-order valence-corrected chi connectivity index (χ0v) is 21.4. The van der Waals surface area contributed by atoms with Gasteiger partial charge in [-0.05, 0) is 62.1 Å². The van der Waals surface area contributed by atoms with Crippen LogP contribution < -0.4 is 14.9 Å². The summed E-state index contributed by atoms with van der Waals surface area (Å²) in [4.78, 5) is 15.5. The normalized spacial score (nSPS) is 21.1. The molecular formula is C25H33F2N5O4S. The van der Waals surface area contributed by atoms with Crippen molar-refractivity contribution in [3.05, 3.63) is 36.2 Å². The van der Waals surface area contributed by atoms with Gasteiger partial charge in [0.1, 0.15) is 0 Å². The standard InChI is InChI=1S/C25H33F2N5O4S/c26-25(27)5-3-20(4-6-25)32-17-19(16-28-32)29-23(34)21-2-1-18(30-37(35,36)14-13-33)15-22(21)31-11-9-24(7-8-24)10-12-31/h1-2,15-17,20,30,33H,3-14H2,(H,29,34). The lowest BCUT2D eigenvalue weighted by atomic mass is 9.92. The Labute approximate surface area is 215 Å². The van der Waals surface area contributed by atoms with E-state index in [0.29, 0.717) is 40.9 Å². The minimum absolute atomic E-state index is 0.129. The molecule has 5 rings (SSSR count). The van der Waals surface area contributed by atoms with E-state index in [0.717, 1.165) is 25.9 Å². The largest absolute Gasteiger partial charge is 0.395 e. The Bertz CT molecular complexity index is 1240. The number of hydrogen-bond donors (Lipinski definition) is 3. The van der Waals surface area contributed by atoms with Gasteiger partial charge in [-0.25, -0.2) is 17.2 Å². The monoisotopic (exact) mass is 537 g/mol. The number of alkyl halides is 2. The van der Waals surface area contributed by atoms with Crippen LogP contribution in [-0.2, 0) is 10.0 Å². The molecule has 3 fully saturated rings. The Hall–Kier alpha value is -2.73. The predicted octanol–water partition coefficient (Wildman–Crippen LogP) is 4.00. The number of nitrogens with one attached hydrogen (secondary N) is 2. The number of anilines is 3. The SMILES string of the molecule is O=C(Nc1cnn(C2CCC(F)(F)CC2)c1)c1ccc(NS(=O)(=O)CCO)cc1N1CCC2(CC1)CC2. The molecule has 2 saturated carbocycles. The fourth-order valence-corrected chi connectivity index (χ4v) is 6.22. The van der Waals surface area contributed by atoms with E-state index in [1.807, 2.05) is 0 Å². The maximum absolute atomic E-state index is 13.5. The summed E-state index contributed by atoms with van der Waals surface area (Å²) in [7, 11) is -3.71. The molecule has 1 aromatic carbocycles. The molecule has 1 saturated heterocycles. The van der Waals surface area contributed by atoms with Crippen LogP contribution >= 0.6 is 0 Å². The zero-order valence-electron chi connectivity index (χ0n) is 20.6. The van der Waals surface area contributed by atoms with Crippen LogP contribution in [0.2, 0.25) is 0 Å². The van der Waals surface area contributed by atoms with E-state index >= 15 is 0 Å². The second-order valence-electron chi connectivity index (χ2n) is 10.6. The van der Waals surface area contributed by atoms with Crippen molar-refractivity contribution in [3.63, 3.8) is 0 Å². The van der Waals surface area contributed by atoms with Crippen molar-refractivity contribution in [2.75, 3.05) is 40.4 Å². The molecule has 0 atom stereocenters. The van der Waals surface area contributed by atoms with Crippen LogP contribution in [0.25, 0.3) is 0 Å². The molecule has 1 aromatic heterocycles. The second kappa shape index (κ2) is 9.86. The Balaban J connectivity index is 1.34. The van der Waals surface area contributed by atoms with E-state index in [4.69, 9.17) is 5.11 Å². The fourth-order valence-electron chi connectivity index (χ4n) is 5.39. The number of hydrogen-bond acceptors (Lipinski definition) is 6. The molecule has 2 heterocycles. The van der Waals surface area contributed by atoms with Gasteiger partial charge in [-0.3, -0.25) is 14.2 Å². The first kappa shape index (κ1) is 25.9. The highest BCUT2D eigenvalue weighted by Crippen LogP contribution is 2.54. The predicted molar refractivity (Wildman–Crippen MR) is 137 cm³/mol. The first-order valence-corrected chi connectivity index (χ1v) is 14.5. The van der Waals surface area contributed by atoms with Gasteiger partial charge in [0, 0.05) is 32.1 Å². The van der Waals surface area contributed by atoms with E-state index in [2.05, 4.69) is 20.0 Å². The molecule has 3 N–H and O–H groups in total. The third-order valence-electron chi connectivity index (χ3n) is 7.92. The molecule has 1 amide bonds. The summed E-state index contributed by atoms with van der Waals surface area (Å²) < 4.78 is 55.5. The molecule has 0 unspecified atom stereocenters. The second-order valence-corrected chi connectivity index (χ2v) is 12.5. The molecule has 1 aliphatic heterocycles. The van der Waals surface area contributed by atoms with Gasteiger partial charge in [-0.2, -0.15) is 5.10 Å². The third-order valence-corrected chi connectivity index (χ3v) is 9.18. The molecule has 3 aliphatic rings.